The monoisotopic (exact) mass is 537 g/mol. The van der Waals surface area contributed by atoms with Crippen LogP contribution in [0.25, 0.3) is 0 Å². The van der Waals surface area contributed by atoms with Crippen molar-refractivity contribution >= 4 is 29.4 Å². The number of nitrogens with zero attached hydrogens (tertiary/aromatic N) is 1. The van der Waals surface area contributed by atoms with Gasteiger partial charge in [0.15, 0.2) is 0 Å². The van der Waals surface area contributed by atoms with Crippen molar-refractivity contribution in [1.29, 1.82) is 0 Å². The molecule has 0 radical (unpaired) electrons. The van der Waals surface area contributed by atoms with Gasteiger partial charge in [-0.3, -0.25) is 9.59 Å². The molecule has 0 spiro atoms. The summed E-state index contributed by atoms with van der Waals surface area (Å²) in [7, 11) is 0. The lowest BCUT2D eigenvalue weighted by molar-refractivity contribution is -0.136. The van der Waals surface area contributed by atoms with Crippen molar-refractivity contribution in [3.63, 3.8) is 0 Å². The van der Waals surface area contributed by atoms with Crippen molar-refractivity contribution in [3.8, 4) is 0 Å². The predicted molar refractivity (Wildman–Crippen MR) is 149 cm³/mol. The third-order valence-corrected chi connectivity index (χ3v) is 6.99. The maximum absolute atomic E-state index is 13.7. The van der Waals surface area contributed by atoms with E-state index in [1.807, 2.05) is 25.7 Å². The summed E-state index contributed by atoms with van der Waals surface area (Å²) >= 11 is 0. The van der Waals surface area contributed by atoms with Gasteiger partial charge in [-0.25, -0.2) is 9.59 Å². The molecule has 9 heteroatoms. The Morgan fingerprint density at radius 2 is 1.64 bits per heavy atom. The Bertz CT molecular complexity index is 1170. The van der Waals surface area contributed by atoms with Crippen molar-refractivity contribution in [1.82, 2.24) is 10.2 Å². The van der Waals surface area contributed by atoms with E-state index in [0.717, 1.165) is 24.2 Å². The fourth-order valence-electron chi connectivity index (χ4n) is 4.82. The number of piperazine rings is 1. The van der Waals surface area contributed by atoms with Crippen LogP contribution in [0.4, 0.5) is 5.69 Å². The normalized spacial score (nSPS) is 14.9. The van der Waals surface area contributed by atoms with Gasteiger partial charge < -0.3 is 25.4 Å². The van der Waals surface area contributed by atoms with Gasteiger partial charge in [0.2, 0.25) is 11.8 Å². The molecule has 1 aliphatic rings. The number of amides is 2. The summed E-state index contributed by atoms with van der Waals surface area (Å²) in [5, 5.41) is 15.7. The number of anilines is 1. The molecule has 3 rings (SSSR count). The number of nitrogens with one attached hydrogen (secondary N) is 2. The molecular weight excluding hydrogens is 498 g/mol. The van der Waals surface area contributed by atoms with Gasteiger partial charge >= 0.3 is 11.9 Å². The molecule has 1 aliphatic heterocycles. The molecule has 1 heterocycles. The summed E-state index contributed by atoms with van der Waals surface area (Å²) in [6.07, 6.45) is 0.674. The number of ether oxygens (including phenoxy) is 1. The molecule has 3 N–H and O–H groups in total. The van der Waals surface area contributed by atoms with Crippen LogP contribution in [0.1, 0.15) is 71.9 Å². The van der Waals surface area contributed by atoms with Gasteiger partial charge in [-0.2, -0.15) is 0 Å². The molecule has 210 valence electrons. The Morgan fingerprint density at radius 3 is 2.23 bits per heavy atom. The maximum Gasteiger partial charge on any atom is 0.338 e. The zero-order chi connectivity index (χ0) is 28.5. The second-order valence-corrected chi connectivity index (χ2v) is 10.3. The summed E-state index contributed by atoms with van der Waals surface area (Å²) in [5.74, 6) is -2.63. The molecule has 0 aromatic heterocycles. The van der Waals surface area contributed by atoms with E-state index in [0.29, 0.717) is 37.2 Å². The second-order valence-electron chi connectivity index (χ2n) is 10.3. The number of carbonyl (C=O) groups excluding carboxylic acids is 3. The zero-order valence-corrected chi connectivity index (χ0v) is 23.2. The predicted octanol–water partition coefficient (Wildman–Crippen LogP) is 3.94. The van der Waals surface area contributed by atoms with E-state index in [1.54, 1.807) is 37.3 Å². The topological polar surface area (TPSA) is 125 Å². The summed E-state index contributed by atoms with van der Waals surface area (Å²) in [6, 6.07) is 11.7. The molecule has 0 aliphatic carbocycles. The number of carbonyl (C=O) groups is 4. The smallest absolute Gasteiger partial charge is 0.338 e. The van der Waals surface area contributed by atoms with Crippen molar-refractivity contribution in [3.05, 3.63) is 64.7 Å². The number of rotatable bonds is 11. The Hall–Kier alpha value is -3.72. The number of esters is 1. The van der Waals surface area contributed by atoms with Gasteiger partial charge in [-0.15, -0.1) is 0 Å². The number of hydrogen-bond acceptors (Lipinski definition) is 6. The Balaban J connectivity index is 1.85. The number of aromatic carboxylic acids is 1. The Kier molecular flexibility index (Phi) is 10.6. The van der Waals surface area contributed by atoms with Crippen LogP contribution < -0.4 is 10.6 Å². The van der Waals surface area contributed by atoms with Crippen molar-refractivity contribution in [2.24, 2.45) is 11.8 Å². The van der Waals surface area contributed by atoms with Crippen LogP contribution in [0.15, 0.2) is 42.5 Å². The zero-order valence-electron chi connectivity index (χ0n) is 23.2. The molecule has 2 aromatic rings. The summed E-state index contributed by atoms with van der Waals surface area (Å²) < 4.78 is 5.06. The van der Waals surface area contributed by atoms with E-state index in [9.17, 15) is 24.3 Å². The molecule has 39 heavy (non-hydrogen) atoms. The van der Waals surface area contributed by atoms with Crippen LogP contribution in [0.2, 0.25) is 0 Å². The standard InChI is InChI=1S/C30H39N3O6/c1-5-39-30(38)22-8-6-21(7-9-22)17-24(16-20(4)28(35)33-14-12-31-13-15-33)27(34)32-26-18-23(29(36)37)10-11-25(26)19(2)3/h6-11,18-20,24,31H,5,12-17H2,1-4H3,(H,32,34)(H,36,37). The fraction of sp³-hybridized carbons (Fsp3) is 0.467. The highest BCUT2D eigenvalue weighted by Gasteiger charge is 2.29. The summed E-state index contributed by atoms with van der Waals surface area (Å²) in [4.78, 5) is 52.3. The molecule has 0 bridgehead atoms. The Labute approximate surface area is 229 Å². The molecule has 2 atom stereocenters. The average Bonchev–Trinajstić information content (AvgIpc) is 2.92. The first kappa shape index (κ1) is 29.8. The van der Waals surface area contributed by atoms with Gasteiger partial charge in [0.05, 0.1) is 17.7 Å². The first-order chi connectivity index (χ1) is 18.6. The largest absolute Gasteiger partial charge is 0.478 e. The lowest BCUT2D eigenvalue weighted by atomic mass is 9.88. The molecule has 0 saturated carbocycles. The lowest BCUT2D eigenvalue weighted by Crippen LogP contribution is -2.48. The first-order valence-corrected chi connectivity index (χ1v) is 13.5. The highest BCUT2D eigenvalue weighted by molar-refractivity contribution is 5.96. The molecule has 1 fully saturated rings. The first-order valence-electron chi connectivity index (χ1n) is 13.5. The molecule has 2 amide bonds. The minimum absolute atomic E-state index is 0.0164. The summed E-state index contributed by atoms with van der Waals surface area (Å²) in [5.41, 5.74) is 2.64. The van der Waals surface area contributed by atoms with E-state index in [4.69, 9.17) is 4.74 Å². The molecule has 9 nitrogen and oxygen atoms in total. The minimum atomic E-state index is -1.07. The van der Waals surface area contributed by atoms with Crippen LogP contribution in [0.5, 0.6) is 0 Å². The van der Waals surface area contributed by atoms with Gasteiger partial charge in [0, 0.05) is 43.7 Å². The number of benzene rings is 2. The van der Waals surface area contributed by atoms with Crippen LogP contribution in [0, 0.1) is 11.8 Å². The van der Waals surface area contributed by atoms with Crippen molar-refractivity contribution in [2.75, 3.05) is 38.1 Å². The number of carboxylic acid groups (broad SMARTS) is 1. The highest BCUT2D eigenvalue weighted by atomic mass is 16.5. The van der Waals surface area contributed by atoms with E-state index >= 15 is 0 Å². The molecule has 2 aromatic carbocycles. The van der Waals surface area contributed by atoms with Gasteiger partial charge in [-0.1, -0.05) is 39.0 Å². The van der Waals surface area contributed by atoms with Gasteiger partial charge in [0.25, 0.3) is 0 Å². The summed E-state index contributed by atoms with van der Waals surface area (Å²) in [6.45, 7) is 10.6. The van der Waals surface area contributed by atoms with Crippen LogP contribution in [-0.2, 0) is 20.7 Å². The highest BCUT2D eigenvalue weighted by Crippen LogP contribution is 2.28. The molecule has 2 unspecified atom stereocenters. The Morgan fingerprint density at radius 1 is 1.00 bits per heavy atom. The molecule has 1 saturated heterocycles. The average molecular weight is 538 g/mol. The number of carboxylic acids is 1. The van der Waals surface area contributed by atoms with Crippen molar-refractivity contribution < 1.29 is 29.0 Å². The van der Waals surface area contributed by atoms with E-state index < -0.39 is 17.9 Å². The fourth-order valence-corrected chi connectivity index (χ4v) is 4.82. The maximum atomic E-state index is 13.7. The van der Waals surface area contributed by atoms with E-state index in [-0.39, 0.29) is 35.8 Å². The minimum Gasteiger partial charge on any atom is -0.478 e. The van der Waals surface area contributed by atoms with Crippen LogP contribution >= 0.6 is 0 Å². The van der Waals surface area contributed by atoms with E-state index in [1.165, 1.54) is 12.1 Å². The van der Waals surface area contributed by atoms with E-state index in [2.05, 4.69) is 10.6 Å². The lowest BCUT2D eigenvalue weighted by Gasteiger charge is -2.31. The quantitative estimate of drug-likeness (QED) is 0.371. The third-order valence-electron chi connectivity index (χ3n) is 6.99. The van der Waals surface area contributed by atoms with Crippen LogP contribution in [-0.4, -0.2) is 66.5 Å². The number of hydrogen-bond donors (Lipinski definition) is 3. The van der Waals surface area contributed by atoms with Gasteiger partial charge in [-0.05, 0) is 61.1 Å². The van der Waals surface area contributed by atoms with Gasteiger partial charge in [0.1, 0.15) is 0 Å². The third kappa shape index (κ3) is 8.13. The second kappa shape index (κ2) is 13.9. The SMILES string of the molecule is CCOC(=O)c1ccc(CC(CC(C)C(=O)N2CCNCC2)C(=O)Nc2cc(C(=O)O)ccc2C(C)C)cc1. The molecular formula is C30H39N3O6. The van der Waals surface area contributed by atoms with Crippen molar-refractivity contribution in [2.45, 2.75) is 46.5 Å². The van der Waals surface area contributed by atoms with Crippen LogP contribution in [0.3, 0.4) is 0 Å².